The molecule has 1 heterocycles. The first kappa shape index (κ1) is 18.6. The number of fused-ring (bicyclic) bond motifs is 1. The van der Waals surface area contributed by atoms with E-state index in [1.54, 1.807) is 19.2 Å². The average molecular weight is 388 g/mol. The van der Waals surface area contributed by atoms with E-state index in [2.05, 4.69) is 0 Å². The lowest BCUT2D eigenvalue weighted by Crippen LogP contribution is -2.15. The molecule has 0 spiro atoms. The molecule has 1 N–H and O–H groups in total. The van der Waals surface area contributed by atoms with Crippen LogP contribution in [-0.2, 0) is 0 Å². The molecule has 0 saturated carbocycles. The van der Waals surface area contributed by atoms with Gasteiger partial charge in [-0.05, 0) is 23.8 Å². The maximum absolute atomic E-state index is 11.6. The van der Waals surface area contributed by atoms with Gasteiger partial charge in [-0.1, -0.05) is 60.7 Å². The zero-order valence-corrected chi connectivity index (χ0v) is 15.9. The maximum atomic E-state index is 11.6. The topological polar surface area (TPSA) is 77.5 Å². The smallest absolute Gasteiger partial charge is 0.214 e. The van der Waals surface area contributed by atoms with E-state index in [0.717, 1.165) is 26.8 Å². The molecule has 0 saturated heterocycles. The van der Waals surface area contributed by atoms with Gasteiger partial charge < -0.3 is 9.94 Å². The summed E-state index contributed by atoms with van der Waals surface area (Å²) in [6.07, 6.45) is 0. The van der Waals surface area contributed by atoms with E-state index in [1.165, 1.54) is 0 Å². The number of benzene rings is 3. The minimum atomic E-state index is -0.538. The highest BCUT2D eigenvalue weighted by Crippen LogP contribution is 2.40. The third-order valence-electron chi connectivity index (χ3n) is 5.13. The molecule has 0 fully saturated rings. The van der Waals surface area contributed by atoms with Crippen LogP contribution in [0.5, 0.6) is 5.75 Å². The molecule has 1 aromatic heterocycles. The summed E-state index contributed by atoms with van der Waals surface area (Å²) in [5, 5.41) is 23.3. The van der Waals surface area contributed by atoms with Crippen molar-refractivity contribution >= 4 is 10.9 Å². The van der Waals surface area contributed by atoms with Gasteiger partial charge in [-0.25, -0.2) is 0 Å². The molecule has 29 heavy (non-hydrogen) atoms. The average Bonchev–Trinajstić information content (AvgIpc) is 3.05. The highest BCUT2D eigenvalue weighted by Gasteiger charge is 2.29. The molecule has 0 radical (unpaired) electrons. The summed E-state index contributed by atoms with van der Waals surface area (Å²) in [5.41, 5.74) is 3.49. The molecular formula is C23H20N2O4. The Bertz CT molecular complexity index is 1150. The highest BCUT2D eigenvalue weighted by molar-refractivity contribution is 5.92. The number of nitrogens with zero attached hydrogens (tertiary/aromatic N) is 2. The van der Waals surface area contributed by atoms with E-state index in [9.17, 15) is 15.3 Å². The number of rotatable bonds is 6. The van der Waals surface area contributed by atoms with Crippen LogP contribution in [0.25, 0.3) is 22.2 Å². The van der Waals surface area contributed by atoms with Gasteiger partial charge in [0.25, 0.3) is 0 Å². The molecule has 4 aromatic rings. The van der Waals surface area contributed by atoms with Crippen LogP contribution in [0.4, 0.5) is 0 Å². The normalized spacial score (nSPS) is 12.0. The third-order valence-corrected chi connectivity index (χ3v) is 5.13. The summed E-state index contributed by atoms with van der Waals surface area (Å²) in [4.78, 5) is 11.3. The van der Waals surface area contributed by atoms with Crippen LogP contribution in [0.1, 0.15) is 17.0 Å². The van der Waals surface area contributed by atoms with Crippen molar-refractivity contribution in [1.82, 2.24) is 4.73 Å². The van der Waals surface area contributed by atoms with E-state index in [1.807, 2.05) is 66.7 Å². The minimum absolute atomic E-state index is 0.291. The number of hydrogen-bond acceptors (Lipinski definition) is 4. The molecule has 4 rings (SSSR count). The SMILES string of the molecule is COc1ccc([C@@H](C[N+](=O)[O-])c2c(-c3ccccc3)n(O)c3ccccc23)cc1. The van der Waals surface area contributed by atoms with Crippen LogP contribution in [-0.4, -0.2) is 28.5 Å². The highest BCUT2D eigenvalue weighted by atomic mass is 16.6. The molecule has 0 aliphatic rings. The van der Waals surface area contributed by atoms with Crippen molar-refractivity contribution in [2.24, 2.45) is 0 Å². The lowest BCUT2D eigenvalue weighted by atomic mass is 9.87. The number of hydrogen-bond donors (Lipinski definition) is 1. The lowest BCUT2D eigenvalue weighted by Gasteiger charge is -2.16. The van der Waals surface area contributed by atoms with Crippen molar-refractivity contribution in [1.29, 1.82) is 0 Å². The van der Waals surface area contributed by atoms with Crippen LogP contribution >= 0.6 is 0 Å². The Morgan fingerprint density at radius 1 is 1.00 bits per heavy atom. The van der Waals surface area contributed by atoms with Crippen LogP contribution in [0, 0.1) is 10.1 Å². The summed E-state index contributed by atoms with van der Waals surface area (Å²) in [6.45, 7) is -0.291. The Morgan fingerprint density at radius 3 is 2.31 bits per heavy atom. The monoisotopic (exact) mass is 388 g/mol. The second kappa shape index (κ2) is 7.67. The lowest BCUT2D eigenvalue weighted by molar-refractivity contribution is -0.481. The van der Waals surface area contributed by atoms with Gasteiger partial charge in [0.2, 0.25) is 6.54 Å². The number of aromatic nitrogens is 1. The molecule has 146 valence electrons. The van der Waals surface area contributed by atoms with Gasteiger partial charge in [-0.15, -0.1) is 0 Å². The van der Waals surface area contributed by atoms with Gasteiger partial charge in [0.05, 0.1) is 24.2 Å². The summed E-state index contributed by atoms with van der Waals surface area (Å²) >= 11 is 0. The number of ether oxygens (including phenoxy) is 1. The Morgan fingerprint density at radius 2 is 1.66 bits per heavy atom. The standard InChI is InChI=1S/C23H20N2O4/c1-29-18-13-11-16(12-14-18)20(15-24(26)27)22-19-9-5-6-10-21(19)25(28)23(22)17-7-3-2-4-8-17/h2-14,20,28H,15H2,1H3/t20-/m1/s1. The zero-order valence-electron chi connectivity index (χ0n) is 15.9. The van der Waals surface area contributed by atoms with Gasteiger partial charge in [-0.3, -0.25) is 10.1 Å². The number of nitro groups is 1. The second-order valence-electron chi connectivity index (χ2n) is 6.80. The van der Waals surface area contributed by atoms with Gasteiger partial charge in [0, 0.05) is 21.4 Å². The van der Waals surface area contributed by atoms with Gasteiger partial charge in [0.1, 0.15) is 5.75 Å². The first-order valence-corrected chi connectivity index (χ1v) is 9.24. The fourth-order valence-corrected chi connectivity index (χ4v) is 3.82. The largest absolute Gasteiger partial charge is 0.497 e. The van der Waals surface area contributed by atoms with E-state index < -0.39 is 5.92 Å². The first-order valence-electron chi connectivity index (χ1n) is 9.24. The van der Waals surface area contributed by atoms with E-state index in [4.69, 9.17) is 4.74 Å². The summed E-state index contributed by atoms with van der Waals surface area (Å²) in [5.74, 6) is 0.144. The van der Waals surface area contributed by atoms with E-state index >= 15 is 0 Å². The fraction of sp³-hybridized carbons (Fsp3) is 0.130. The molecule has 6 heteroatoms. The van der Waals surface area contributed by atoms with Crippen molar-refractivity contribution in [3.05, 3.63) is 100 Å². The maximum Gasteiger partial charge on any atom is 0.214 e. The van der Waals surface area contributed by atoms with Crippen molar-refractivity contribution in [2.45, 2.75) is 5.92 Å². The molecule has 0 bridgehead atoms. The van der Waals surface area contributed by atoms with Crippen LogP contribution in [0.15, 0.2) is 78.9 Å². The van der Waals surface area contributed by atoms with E-state index in [-0.39, 0.29) is 11.5 Å². The van der Waals surface area contributed by atoms with Crippen LogP contribution in [0.3, 0.4) is 0 Å². The van der Waals surface area contributed by atoms with Crippen molar-refractivity contribution in [3.8, 4) is 17.0 Å². The van der Waals surface area contributed by atoms with Gasteiger partial charge in [0.15, 0.2) is 0 Å². The quantitative estimate of drug-likeness (QED) is 0.288. The molecule has 6 nitrogen and oxygen atoms in total. The second-order valence-corrected chi connectivity index (χ2v) is 6.80. The number of methoxy groups -OCH3 is 1. The molecule has 0 unspecified atom stereocenters. The van der Waals surface area contributed by atoms with Crippen LogP contribution in [0.2, 0.25) is 0 Å². The van der Waals surface area contributed by atoms with Gasteiger partial charge >= 0.3 is 0 Å². The van der Waals surface area contributed by atoms with Gasteiger partial charge in [-0.2, -0.15) is 4.73 Å². The third kappa shape index (κ3) is 3.40. The Balaban J connectivity index is 2.01. The van der Waals surface area contributed by atoms with Crippen molar-refractivity contribution < 1.29 is 14.9 Å². The number of para-hydroxylation sites is 1. The summed E-state index contributed by atoms with van der Waals surface area (Å²) in [6, 6.07) is 24.1. The molecule has 0 aliphatic carbocycles. The molecular weight excluding hydrogens is 368 g/mol. The molecule has 0 aliphatic heterocycles. The molecule has 1 atom stereocenters. The first-order chi connectivity index (χ1) is 14.1. The zero-order chi connectivity index (χ0) is 20.4. The predicted octanol–water partition coefficient (Wildman–Crippen LogP) is 4.96. The minimum Gasteiger partial charge on any atom is -0.497 e. The van der Waals surface area contributed by atoms with E-state index in [0.29, 0.717) is 17.0 Å². The Labute approximate surface area is 167 Å². The fourth-order valence-electron chi connectivity index (χ4n) is 3.82. The van der Waals surface area contributed by atoms with Crippen molar-refractivity contribution in [3.63, 3.8) is 0 Å². The summed E-state index contributed by atoms with van der Waals surface area (Å²) in [7, 11) is 1.58. The van der Waals surface area contributed by atoms with Crippen LogP contribution < -0.4 is 4.74 Å². The summed E-state index contributed by atoms with van der Waals surface area (Å²) < 4.78 is 6.36. The Hall–Kier alpha value is -3.80. The predicted molar refractivity (Wildman–Crippen MR) is 111 cm³/mol. The molecule has 3 aromatic carbocycles. The van der Waals surface area contributed by atoms with Crippen molar-refractivity contribution in [2.75, 3.05) is 13.7 Å². The molecule has 0 amide bonds. The Kier molecular flexibility index (Phi) is 4.91.